The molecule has 1 aliphatic rings. The van der Waals surface area contributed by atoms with Gasteiger partial charge in [0.15, 0.2) is 0 Å². The van der Waals surface area contributed by atoms with Gasteiger partial charge in [-0.05, 0) is 43.7 Å². The lowest BCUT2D eigenvalue weighted by atomic mass is 9.95. The van der Waals surface area contributed by atoms with Crippen LogP contribution < -0.4 is 0 Å². The second kappa shape index (κ2) is 8.85. The first-order valence-electron chi connectivity index (χ1n) is 10.2. The average molecular weight is 439 g/mol. The topological polar surface area (TPSA) is 109 Å². The summed E-state index contributed by atoms with van der Waals surface area (Å²) in [6.45, 7) is 0. The Hall–Kier alpha value is -3.26. The Bertz CT molecular complexity index is 1200. The third kappa shape index (κ3) is 4.29. The number of hydrogen-bond donors (Lipinski definition) is 2. The van der Waals surface area contributed by atoms with Gasteiger partial charge in [0.2, 0.25) is 5.91 Å². The Morgan fingerprint density at radius 2 is 1.87 bits per heavy atom. The van der Waals surface area contributed by atoms with E-state index in [2.05, 4.69) is 4.99 Å². The zero-order valence-electron chi connectivity index (χ0n) is 16.8. The molecule has 0 fully saturated rings. The van der Waals surface area contributed by atoms with E-state index in [4.69, 9.17) is 5.11 Å². The Morgan fingerprint density at radius 3 is 2.65 bits per heavy atom. The molecule has 0 unspecified atom stereocenters. The summed E-state index contributed by atoms with van der Waals surface area (Å²) in [6, 6.07) is 7.41. The molecule has 31 heavy (non-hydrogen) atoms. The van der Waals surface area contributed by atoms with Gasteiger partial charge in [0.1, 0.15) is 5.00 Å². The molecule has 0 bridgehead atoms. The minimum Gasteiger partial charge on any atom is -0.481 e. The third-order valence-corrected chi connectivity index (χ3v) is 6.68. The van der Waals surface area contributed by atoms with Crippen LogP contribution in [0.4, 0.5) is 5.00 Å². The van der Waals surface area contributed by atoms with Gasteiger partial charge in [0.25, 0.3) is 0 Å². The van der Waals surface area contributed by atoms with Crippen molar-refractivity contribution >= 4 is 51.3 Å². The molecule has 2 N–H and O–H groups in total. The second-order valence-electron chi connectivity index (χ2n) is 7.57. The fourth-order valence-corrected chi connectivity index (χ4v) is 5.24. The van der Waals surface area contributed by atoms with E-state index in [9.17, 15) is 19.5 Å². The Kier molecular flexibility index (Phi) is 5.99. The number of benzene rings is 1. The number of carbonyl (C=O) groups excluding carboxylic acids is 1. The minimum absolute atomic E-state index is 0.0553. The lowest BCUT2D eigenvalue weighted by molar-refractivity contribution is -0.137. The number of carbonyl (C=O) groups is 3. The zero-order chi connectivity index (χ0) is 22.0. The second-order valence-corrected chi connectivity index (χ2v) is 8.65. The summed E-state index contributed by atoms with van der Waals surface area (Å²) in [5.41, 5.74) is 2.63. The van der Waals surface area contributed by atoms with Gasteiger partial charge in [-0.25, -0.2) is 9.79 Å². The van der Waals surface area contributed by atoms with Crippen LogP contribution in [0.25, 0.3) is 10.9 Å². The standard InChI is InChI=1S/C23H22N2O5S/c26-19(10-5-11-20(27)28)25-13-14(15-6-1-3-8-17(15)25)12-24-22-21(23(29)30)16-7-2-4-9-18(16)31-22/h1,3,6,8,12-13H,2,4-5,7,9-11H2,(H,27,28)(H,29,30). The number of thiophene rings is 1. The molecule has 8 heteroatoms. The normalized spacial score (nSPS) is 13.5. The van der Waals surface area contributed by atoms with Crippen molar-refractivity contribution < 1.29 is 24.6 Å². The fourth-order valence-electron chi connectivity index (χ4n) is 4.02. The van der Waals surface area contributed by atoms with E-state index in [0.29, 0.717) is 21.6 Å². The van der Waals surface area contributed by atoms with E-state index in [1.807, 2.05) is 24.3 Å². The summed E-state index contributed by atoms with van der Waals surface area (Å²) in [5, 5.41) is 19.8. The smallest absolute Gasteiger partial charge is 0.339 e. The number of aromatic nitrogens is 1. The Morgan fingerprint density at radius 1 is 1.10 bits per heavy atom. The third-order valence-electron chi connectivity index (χ3n) is 5.48. The number of rotatable bonds is 7. The van der Waals surface area contributed by atoms with Crippen molar-refractivity contribution in [3.63, 3.8) is 0 Å². The van der Waals surface area contributed by atoms with Gasteiger partial charge in [0, 0.05) is 41.1 Å². The van der Waals surface area contributed by atoms with Crippen LogP contribution in [0.3, 0.4) is 0 Å². The molecule has 0 amide bonds. The maximum absolute atomic E-state index is 12.7. The molecule has 0 atom stereocenters. The molecule has 0 aliphatic heterocycles. The molecule has 4 rings (SSSR count). The molecule has 1 aromatic carbocycles. The van der Waals surface area contributed by atoms with Crippen molar-refractivity contribution in [3.8, 4) is 0 Å². The first-order chi connectivity index (χ1) is 15.0. The monoisotopic (exact) mass is 438 g/mol. The number of aromatic carboxylic acids is 1. The summed E-state index contributed by atoms with van der Waals surface area (Å²) in [6.07, 6.45) is 7.36. The zero-order valence-corrected chi connectivity index (χ0v) is 17.7. The highest BCUT2D eigenvalue weighted by molar-refractivity contribution is 7.16. The summed E-state index contributed by atoms with van der Waals surface area (Å²) < 4.78 is 1.52. The van der Waals surface area contributed by atoms with E-state index in [1.54, 1.807) is 12.4 Å². The van der Waals surface area contributed by atoms with E-state index < -0.39 is 11.9 Å². The Labute approximate surface area is 182 Å². The number of fused-ring (bicyclic) bond motifs is 2. The van der Waals surface area contributed by atoms with Gasteiger partial charge >= 0.3 is 11.9 Å². The molecule has 0 spiro atoms. The largest absolute Gasteiger partial charge is 0.481 e. The van der Waals surface area contributed by atoms with Crippen LogP contribution in [0, 0.1) is 0 Å². The number of para-hydroxylation sites is 1. The molecular weight excluding hydrogens is 416 g/mol. The van der Waals surface area contributed by atoms with Crippen LogP contribution in [0.2, 0.25) is 0 Å². The number of aliphatic carboxylic acids is 1. The SMILES string of the molecule is O=C(O)CCCC(=O)n1cc(C=Nc2sc3c(c2C(=O)O)CCCC3)c2ccccc21. The van der Waals surface area contributed by atoms with Crippen LogP contribution >= 0.6 is 11.3 Å². The molecule has 160 valence electrons. The lowest BCUT2D eigenvalue weighted by Crippen LogP contribution is -2.09. The number of aryl methyl sites for hydroxylation is 1. The summed E-state index contributed by atoms with van der Waals surface area (Å²) in [4.78, 5) is 40.9. The number of aliphatic imine (C=N–C) groups is 1. The van der Waals surface area contributed by atoms with Gasteiger partial charge in [-0.15, -0.1) is 11.3 Å². The van der Waals surface area contributed by atoms with Crippen molar-refractivity contribution in [3.05, 3.63) is 52.0 Å². The molecule has 2 aromatic heterocycles. The lowest BCUT2D eigenvalue weighted by Gasteiger charge is -2.10. The molecule has 3 aromatic rings. The van der Waals surface area contributed by atoms with Gasteiger partial charge in [0.05, 0.1) is 11.1 Å². The van der Waals surface area contributed by atoms with E-state index in [-0.39, 0.29) is 25.2 Å². The Balaban J connectivity index is 1.67. The number of nitrogens with zero attached hydrogens (tertiary/aromatic N) is 2. The van der Waals surface area contributed by atoms with Crippen LogP contribution in [0.5, 0.6) is 0 Å². The summed E-state index contributed by atoms with van der Waals surface area (Å²) >= 11 is 1.43. The first-order valence-corrected chi connectivity index (χ1v) is 11.0. The average Bonchev–Trinajstić information content (AvgIpc) is 3.30. The summed E-state index contributed by atoms with van der Waals surface area (Å²) in [5.74, 6) is -2.07. The summed E-state index contributed by atoms with van der Waals surface area (Å²) in [7, 11) is 0. The maximum atomic E-state index is 12.7. The van der Waals surface area contributed by atoms with Crippen molar-refractivity contribution in [1.29, 1.82) is 0 Å². The van der Waals surface area contributed by atoms with E-state index in [1.165, 1.54) is 15.9 Å². The van der Waals surface area contributed by atoms with Gasteiger partial charge in [-0.1, -0.05) is 18.2 Å². The van der Waals surface area contributed by atoms with Gasteiger partial charge < -0.3 is 10.2 Å². The van der Waals surface area contributed by atoms with Crippen molar-refractivity contribution in [1.82, 2.24) is 4.57 Å². The van der Waals surface area contributed by atoms with Crippen LogP contribution in [0.15, 0.2) is 35.5 Å². The van der Waals surface area contributed by atoms with Crippen LogP contribution in [-0.4, -0.2) is 38.8 Å². The predicted octanol–water partition coefficient (Wildman–Crippen LogP) is 4.93. The molecule has 1 aliphatic carbocycles. The number of hydrogen-bond acceptors (Lipinski definition) is 5. The highest BCUT2D eigenvalue weighted by atomic mass is 32.1. The number of carboxylic acid groups (broad SMARTS) is 2. The van der Waals surface area contributed by atoms with Crippen LogP contribution in [-0.2, 0) is 17.6 Å². The molecule has 0 saturated carbocycles. The number of carboxylic acids is 2. The molecule has 7 nitrogen and oxygen atoms in total. The molecular formula is C23H22N2O5S. The minimum atomic E-state index is -0.956. The van der Waals surface area contributed by atoms with E-state index in [0.717, 1.165) is 41.5 Å². The van der Waals surface area contributed by atoms with Gasteiger partial charge in [-0.2, -0.15) is 0 Å². The van der Waals surface area contributed by atoms with E-state index >= 15 is 0 Å². The van der Waals surface area contributed by atoms with Crippen molar-refractivity contribution in [2.45, 2.75) is 44.9 Å². The highest BCUT2D eigenvalue weighted by Crippen LogP contribution is 2.40. The quantitative estimate of drug-likeness (QED) is 0.509. The maximum Gasteiger partial charge on any atom is 0.339 e. The van der Waals surface area contributed by atoms with Gasteiger partial charge in [-0.3, -0.25) is 14.2 Å². The van der Waals surface area contributed by atoms with Crippen molar-refractivity contribution in [2.24, 2.45) is 4.99 Å². The molecule has 0 radical (unpaired) electrons. The highest BCUT2D eigenvalue weighted by Gasteiger charge is 2.24. The fraction of sp³-hybridized carbons (Fsp3) is 0.304. The predicted molar refractivity (Wildman–Crippen MR) is 119 cm³/mol. The first kappa shape index (κ1) is 21.0. The molecule has 2 heterocycles. The van der Waals surface area contributed by atoms with Crippen LogP contribution in [0.1, 0.15) is 63.3 Å². The molecule has 0 saturated heterocycles. The van der Waals surface area contributed by atoms with Crippen molar-refractivity contribution in [2.75, 3.05) is 0 Å².